The first-order valence-corrected chi connectivity index (χ1v) is 9.48. The maximum absolute atomic E-state index is 4.80. The van der Waals surface area contributed by atoms with Crippen molar-refractivity contribution in [3.8, 4) is 0 Å². The van der Waals surface area contributed by atoms with Crippen LogP contribution < -0.4 is 22.6 Å². The second kappa shape index (κ2) is 7.83. The molecule has 1 aromatic heterocycles. The highest BCUT2D eigenvalue weighted by Crippen LogP contribution is 2.33. The summed E-state index contributed by atoms with van der Waals surface area (Å²) >= 11 is 0. The van der Waals surface area contributed by atoms with Crippen LogP contribution in [0.25, 0.3) is 6.08 Å². The van der Waals surface area contributed by atoms with Crippen molar-refractivity contribution >= 4 is 17.6 Å². The Balaban J connectivity index is 0.00000169. The molecule has 0 unspecified atom stereocenters. The van der Waals surface area contributed by atoms with Crippen LogP contribution in [0.2, 0.25) is 0 Å². The van der Waals surface area contributed by atoms with Gasteiger partial charge in [-0.05, 0) is 44.9 Å². The van der Waals surface area contributed by atoms with Crippen molar-refractivity contribution in [2.24, 2.45) is 5.92 Å². The lowest BCUT2D eigenvalue weighted by Gasteiger charge is -2.28. The van der Waals surface area contributed by atoms with Crippen molar-refractivity contribution in [3.63, 3.8) is 0 Å². The number of nitrogens with zero attached hydrogens (tertiary/aromatic N) is 3. The van der Waals surface area contributed by atoms with Gasteiger partial charge in [-0.2, -0.15) is 0 Å². The number of fused-ring (bicyclic) bond motifs is 1. The van der Waals surface area contributed by atoms with Gasteiger partial charge in [-0.25, -0.2) is 9.97 Å². The third-order valence-corrected chi connectivity index (χ3v) is 5.62. The summed E-state index contributed by atoms with van der Waals surface area (Å²) in [5.41, 5.74) is 3.91. The molecule has 1 saturated carbocycles. The summed E-state index contributed by atoms with van der Waals surface area (Å²) in [6.07, 6.45) is 14.6. The fraction of sp³-hybridized carbons (Fsp3) is 0.684. The maximum Gasteiger partial charge on any atom is 0.203 e. The number of nitrogens with two attached hydrogens (primary N) is 1. The van der Waals surface area contributed by atoms with E-state index in [1.807, 2.05) is 6.92 Å². The number of aromatic nitrogens is 2. The van der Waals surface area contributed by atoms with Crippen molar-refractivity contribution in [2.75, 3.05) is 18.0 Å². The monoisotopic (exact) mass is 348 g/mol. The first-order chi connectivity index (χ1) is 11.3. The molecule has 132 valence electrons. The van der Waals surface area contributed by atoms with Crippen LogP contribution in [-0.2, 0) is 0 Å². The fourth-order valence-electron chi connectivity index (χ4n) is 4.43. The minimum Gasteiger partial charge on any atom is -1.00 e. The normalized spacial score (nSPS) is 21.2. The third-order valence-electron chi connectivity index (χ3n) is 5.62. The molecule has 3 heterocycles. The quantitative estimate of drug-likeness (QED) is 0.854. The predicted octanol–water partition coefficient (Wildman–Crippen LogP) is 0.299. The van der Waals surface area contributed by atoms with Gasteiger partial charge in [-0.3, -0.25) is 5.32 Å². The molecule has 0 amide bonds. The highest BCUT2D eigenvalue weighted by Gasteiger charge is 2.29. The highest BCUT2D eigenvalue weighted by atomic mass is 35.5. The molecule has 3 aliphatic rings. The first-order valence-electron chi connectivity index (χ1n) is 9.48. The molecule has 1 aromatic rings. The molecule has 24 heavy (non-hydrogen) atoms. The molecule has 2 fully saturated rings. The average molecular weight is 349 g/mol. The van der Waals surface area contributed by atoms with Crippen LogP contribution in [0, 0.1) is 12.8 Å². The summed E-state index contributed by atoms with van der Waals surface area (Å²) in [7, 11) is 0. The number of piperidine rings is 1. The number of hydrogen-bond acceptors (Lipinski definition) is 3. The zero-order chi connectivity index (χ0) is 15.6. The molecule has 2 aliphatic heterocycles. The summed E-state index contributed by atoms with van der Waals surface area (Å²) in [5.74, 6) is 2.98. The van der Waals surface area contributed by atoms with E-state index >= 15 is 0 Å². The average Bonchev–Trinajstić information content (AvgIpc) is 2.98. The zero-order valence-electron chi connectivity index (χ0n) is 14.7. The molecular formula is C19H29ClN4. The van der Waals surface area contributed by atoms with E-state index in [4.69, 9.17) is 9.97 Å². The topological polar surface area (TPSA) is 45.6 Å². The minimum absolute atomic E-state index is 0. The molecule has 4 rings (SSSR count). The Hall–Kier alpha value is -1.13. The van der Waals surface area contributed by atoms with Crippen molar-refractivity contribution in [3.05, 3.63) is 17.2 Å². The van der Waals surface area contributed by atoms with E-state index in [1.165, 1.54) is 75.0 Å². The van der Waals surface area contributed by atoms with E-state index in [1.54, 1.807) is 0 Å². The molecule has 5 heteroatoms. The van der Waals surface area contributed by atoms with Crippen LogP contribution in [0.5, 0.6) is 0 Å². The van der Waals surface area contributed by atoms with Crippen LogP contribution in [0.1, 0.15) is 69.3 Å². The Kier molecular flexibility index (Phi) is 5.77. The van der Waals surface area contributed by atoms with E-state index in [2.05, 4.69) is 16.3 Å². The van der Waals surface area contributed by atoms with Crippen molar-refractivity contribution in [1.29, 1.82) is 0 Å². The van der Waals surface area contributed by atoms with Gasteiger partial charge in [0.2, 0.25) is 5.69 Å². The Morgan fingerprint density at radius 2 is 1.75 bits per heavy atom. The van der Waals surface area contributed by atoms with Crippen LogP contribution in [0.3, 0.4) is 0 Å². The lowest BCUT2D eigenvalue weighted by molar-refractivity contribution is -0.515. The summed E-state index contributed by atoms with van der Waals surface area (Å²) in [6, 6.07) is 0. The summed E-state index contributed by atoms with van der Waals surface area (Å²) in [5, 5.41) is 2.38. The van der Waals surface area contributed by atoms with Gasteiger partial charge in [0, 0.05) is 25.6 Å². The molecule has 1 aliphatic carbocycles. The second-order valence-corrected chi connectivity index (χ2v) is 7.51. The Morgan fingerprint density at radius 1 is 1.04 bits per heavy atom. The number of halogens is 1. The SMILES string of the molecule is Cc1nc2c(c(N3CCCCC3)n1)[NH2+]C(CC1CCCCC1)=C2.[Cl-]. The lowest BCUT2D eigenvalue weighted by Crippen LogP contribution is -3.00. The molecule has 0 spiro atoms. The molecule has 0 atom stereocenters. The molecule has 0 aromatic carbocycles. The summed E-state index contributed by atoms with van der Waals surface area (Å²) in [4.78, 5) is 12.0. The third kappa shape index (κ3) is 3.75. The van der Waals surface area contributed by atoms with Gasteiger partial charge in [0.15, 0.2) is 5.82 Å². The van der Waals surface area contributed by atoms with Gasteiger partial charge in [0.05, 0.1) is 0 Å². The number of anilines is 1. The van der Waals surface area contributed by atoms with Gasteiger partial charge >= 0.3 is 0 Å². The number of rotatable bonds is 3. The van der Waals surface area contributed by atoms with Crippen LogP contribution in [0.4, 0.5) is 11.5 Å². The number of hydrogen-bond donors (Lipinski definition) is 1. The van der Waals surface area contributed by atoms with Gasteiger partial charge < -0.3 is 17.3 Å². The standard InChI is InChI=1S/C19H28N4.ClH/c1-14-20-17-13-16(12-15-8-4-2-5-9-15)22-18(17)19(21-14)23-10-6-3-7-11-23;/h13,15,22H,2-12H2,1H3;1H. The number of allylic oxidation sites excluding steroid dienone is 1. The number of aryl methyl sites for hydroxylation is 1. The van der Waals surface area contributed by atoms with Gasteiger partial charge in [0.1, 0.15) is 17.2 Å². The largest absolute Gasteiger partial charge is 1.00 e. The molecular weight excluding hydrogens is 320 g/mol. The Bertz CT molecular complexity index is 602. The Labute approximate surface area is 151 Å². The molecule has 4 nitrogen and oxygen atoms in total. The van der Waals surface area contributed by atoms with Crippen molar-refractivity contribution in [2.45, 2.75) is 64.7 Å². The van der Waals surface area contributed by atoms with E-state index in [-0.39, 0.29) is 12.4 Å². The molecule has 0 radical (unpaired) electrons. The fourth-order valence-corrected chi connectivity index (χ4v) is 4.43. The Morgan fingerprint density at radius 3 is 2.50 bits per heavy atom. The first kappa shape index (κ1) is 17.7. The molecule has 0 bridgehead atoms. The smallest absolute Gasteiger partial charge is 0.203 e. The van der Waals surface area contributed by atoms with E-state index < -0.39 is 0 Å². The van der Waals surface area contributed by atoms with E-state index in [0.29, 0.717) is 0 Å². The van der Waals surface area contributed by atoms with Crippen LogP contribution in [0.15, 0.2) is 5.70 Å². The van der Waals surface area contributed by atoms with Gasteiger partial charge in [-0.1, -0.05) is 19.3 Å². The maximum atomic E-state index is 4.80. The van der Waals surface area contributed by atoms with Crippen LogP contribution in [-0.4, -0.2) is 23.1 Å². The summed E-state index contributed by atoms with van der Waals surface area (Å²) < 4.78 is 0. The zero-order valence-corrected chi connectivity index (χ0v) is 15.5. The van der Waals surface area contributed by atoms with Crippen molar-refractivity contribution in [1.82, 2.24) is 9.97 Å². The van der Waals surface area contributed by atoms with Gasteiger partial charge in [0.25, 0.3) is 0 Å². The number of quaternary nitrogens is 1. The van der Waals surface area contributed by atoms with Crippen LogP contribution >= 0.6 is 0 Å². The minimum atomic E-state index is 0. The molecule has 2 N–H and O–H groups in total. The molecule has 1 saturated heterocycles. The second-order valence-electron chi connectivity index (χ2n) is 7.51. The predicted molar refractivity (Wildman–Crippen MR) is 93.6 cm³/mol. The lowest BCUT2D eigenvalue weighted by atomic mass is 9.86. The highest BCUT2D eigenvalue weighted by molar-refractivity contribution is 5.72. The van der Waals surface area contributed by atoms with E-state index in [0.717, 1.165) is 30.5 Å². The summed E-state index contributed by atoms with van der Waals surface area (Å²) in [6.45, 7) is 4.32. The van der Waals surface area contributed by atoms with Crippen molar-refractivity contribution < 1.29 is 17.7 Å². The van der Waals surface area contributed by atoms with Gasteiger partial charge in [-0.15, -0.1) is 0 Å². The van der Waals surface area contributed by atoms with E-state index in [9.17, 15) is 0 Å².